The topological polar surface area (TPSA) is 66.8 Å². The van der Waals surface area contributed by atoms with Crippen molar-refractivity contribution in [2.45, 2.75) is 19.3 Å². The van der Waals surface area contributed by atoms with Gasteiger partial charge >= 0.3 is 5.97 Å². The molecule has 1 saturated heterocycles. The van der Waals surface area contributed by atoms with E-state index < -0.39 is 11.4 Å². The molecular weight excluding hydrogens is 278 g/mol. The summed E-state index contributed by atoms with van der Waals surface area (Å²) in [6.07, 6.45) is 1.60. The van der Waals surface area contributed by atoms with Crippen molar-refractivity contribution in [1.82, 2.24) is 4.90 Å². The number of rotatable bonds is 6. The highest BCUT2D eigenvalue weighted by Crippen LogP contribution is 2.31. The van der Waals surface area contributed by atoms with Gasteiger partial charge in [0.25, 0.3) is 0 Å². The summed E-state index contributed by atoms with van der Waals surface area (Å²) in [6.45, 7) is 0.896. The fraction of sp³-hybridized carbons (Fsp3) is 0.571. The standard InChI is InChI=1S/C14H19NO4S/c1-19-10-14(13(17)18)5-6-15(9-14)12(16)3-2-11-4-7-20-8-11/h4,7-8H,2-3,5-6,9-10H2,1H3,(H,17,18). The van der Waals surface area contributed by atoms with Crippen molar-refractivity contribution in [1.29, 1.82) is 0 Å². The van der Waals surface area contributed by atoms with Crippen molar-refractivity contribution in [2.75, 3.05) is 26.8 Å². The Labute approximate surface area is 122 Å². The second kappa shape index (κ2) is 6.37. The Balaban J connectivity index is 1.90. The lowest BCUT2D eigenvalue weighted by atomic mass is 9.88. The molecule has 0 aliphatic carbocycles. The van der Waals surface area contributed by atoms with Crippen LogP contribution in [0.5, 0.6) is 0 Å². The van der Waals surface area contributed by atoms with E-state index in [4.69, 9.17) is 4.74 Å². The molecule has 2 heterocycles. The molecule has 0 aromatic carbocycles. The fourth-order valence-electron chi connectivity index (χ4n) is 2.56. The molecule has 1 unspecified atom stereocenters. The van der Waals surface area contributed by atoms with Gasteiger partial charge in [-0.25, -0.2) is 0 Å². The SMILES string of the molecule is COCC1(C(=O)O)CCN(C(=O)CCc2ccsc2)C1. The van der Waals surface area contributed by atoms with E-state index in [1.54, 1.807) is 16.2 Å². The number of carbonyl (C=O) groups is 2. The zero-order chi connectivity index (χ0) is 14.6. The average Bonchev–Trinajstić information content (AvgIpc) is 3.06. The van der Waals surface area contributed by atoms with Crippen LogP contribution >= 0.6 is 11.3 Å². The second-order valence-corrected chi connectivity index (χ2v) is 6.00. The number of amides is 1. The number of aryl methyl sites for hydroxylation is 1. The summed E-state index contributed by atoms with van der Waals surface area (Å²) in [5.41, 5.74) is 0.219. The molecule has 1 fully saturated rings. The first-order valence-electron chi connectivity index (χ1n) is 6.58. The number of carbonyl (C=O) groups excluding carboxylic acids is 1. The van der Waals surface area contributed by atoms with Crippen LogP contribution in [0.1, 0.15) is 18.4 Å². The molecule has 0 radical (unpaired) electrons. The third-order valence-corrected chi connectivity index (χ3v) is 4.52. The molecule has 20 heavy (non-hydrogen) atoms. The highest BCUT2D eigenvalue weighted by atomic mass is 32.1. The Morgan fingerprint density at radius 3 is 2.95 bits per heavy atom. The van der Waals surface area contributed by atoms with Gasteiger partial charge in [-0.15, -0.1) is 0 Å². The molecule has 2 rings (SSSR count). The van der Waals surface area contributed by atoms with Gasteiger partial charge in [0.2, 0.25) is 5.91 Å². The molecule has 1 amide bonds. The second-order valence-electron chi connectivity index (χ2n) is 5.22. The summed E-state index contributed by atoms with van der Waals surface area (Å²) >= 11 is 1.61. The van der Waals surface area contributed by atoms with Gasteiger partial charge in [0.1, 0.15) is 5.41 Å². The third kappa shape index (κ3) is 3.19. The molecule has 1 aliphatic heterocycles. The number of nitrogens with zero attached hydrogens (tertiary/aromatic N) is 1. The molecule has 0 spiro atoms. The van der Waals surface area contributed by atoms with Crippen molar-refractivity contribution in [3.8, 4) is 0 Å². The van der Waals surface area contributed by atoms with E-state index in [2.05, 4.69) is 0 Å². The number of likely N-dealkylation sites (tertiary alicyclic amines) is 1. The van der Waals surface area contributed by atoms with Crippen LogP contribution in [0.25, 0.3) is 0 Å². The van der Waals surface area contributed by atoms with Gasteiger partial charge in [0, 0.05) is 26.6 Å². The molecule has 1 aliphatic rings. The van der Waals surface area contributed by atoms with Crippen LogP contribution in [0, 0.1) is 5.41 Å². The molecule has 110 valence electrons. The normalized spacial score (nSPS) is 22.1. The minimum Gasteiger partial charge on any atom is -0.481 e. The Hall–Kier alpha value is -1.40. The Kier molecular flexibility index (Phi) is 4.77. The number of carboxylic acids is 1. The van der Waals surface area contributed by atoms with Crippen molar-refractivity contribution < 1.29 is 19.4 Å². The molecular formula is C14H19NO4S. The summed E-state index contributed by atoms with van der Waals surface area (Å²) < 4.78 is 5.02. The van der Waals surface area contributed by atoms with Crippen molar-refractivity contribution in [2.24, 2.45) is 5.41 Å². The highest BCUT2D eigenvalue weighted by molar-refractivity contribution is 7.07. The van der Waals surface area contributed by atoms with Crippen LogP contribution in [-0.4, -0.2) is 48.7 Å². The summed E-state index contributed by atoms with van der Waals surface area (Å²) in [6, 6.07) is 2.01. The number of ether oxygens (including phenoxy) is 1. The lowest BCUT2D eigenvalue weighted by molar-refractivity contribution is -0.151. The maximum Gasteiger partial charge on any atom is 0.313 e. The summed E-state index contributed by atoms with van der Waals surface area (Å²) in [5, 5.41) is 13.4. The number of thiophene rings is 1. The summed E-state index contributed by atoms with van der Waals surface area (Å²) in [5.74, 6) is -0.858. The zero-order valence-corrected chi connectivity index (χ0v) is 12.3. The van der Waals surface area contributed by atoms with Crippen molar-refractivity contribution in [3.05, 3.63) is 22.4 Å². The lowest BCUT2D eigenvalue weighted by Crippen LogP contribution is -2.40. The van der Waals surface area contributed by atoms with Gasteiger partial charge in [-0.1, -0.05) is 0 Å². The molecule has 1 aromatic heterocycles. The van der Waals surface area contributed by atoms with Crippen LogP contribution in [0.3, 0.4) is 0 Å². The van der Waals surface area contributed by atoms with Crippen molar-refractivity contribution in [3.63, 3.8) is 0 Å². The van der Waals surface area contributed by atoms with Crippen LogP contribution in [0.2, 0.25) is 0 Å². The van der Waals surface area contributed by atoms with E-state index in [1.807, 2.05) is 16.8 Å². The Bertz CT molecular complexity index is 474. The first-order valence-corrected chi connectivity index (χ1v) is 7.53. The molecule has 5 nitrogen and oxygen atoms in total. The minimum absolute atomic E-state index is 0.0235. The smallest absolute Gasteiger partial charge is 0.313 e. The van der Waals surface area contributed by atoms with Crippen LogP contribution in [-0.2, 0) is 20.7 Å². The maximum absolute atomic E-state index is 12.2. The lowest BCUT2D eigenvalue weighted by Gasteiger charge is -2.23. The largest absolute Gasteiger partial charge is 0.481 e. The fourth-order valence-corrected chi connectivity index (χ4v) is 3.26. The summed E-state index contributed by atoms with van der Waals surface area (Å²) in [4.78, 5) is 25.2. The molecule has 1 aromatic rings. The number of hydrogen-bond acceptors (Lipinski definition) is 4. The van der Waals surface area contributed by atoms with E-state index in [0.29, 0.717) is 25.8 Å². The third-order valence-electron chi connectivity index (χ3n) is 3.79. The van der Waals surface area contributed by atoms with E-state index in [1.165, 1.54) is 7.11 Å². The first-order chi connectivity index (χ1) is 9.57. The van der Waals surface area contributed by atoms with Gasteiger partial charge in [-0.3, -0.25) is 9.59 Å². The predicted molar refractivity (Wildman–Crippen MR) is 75.8 cm³/mol. The Morgan fingerprint density at radius 1 is 1.55 bits per heavy atom. The maximum atomic E-state index is 12.2. The van der Waals surface area contributed by atoms with Crippen LogP contribution in [0.4, 0.5) is 0 Å². The minimum atomic E-state index is -0.938. The van der Waals surface area contributed by atoms with E-state index >= 15 is 0 Å². The molecule has 1 atom stereocenters. The average molecular weight is 297 g/mol. The van der Waals surface area contributed by atoms with Gasteiger partial charge in [-0.05, 0) is 35.2 Å². The quantitative estimate of drug-likeness (QED) is 0.866. The van der Waals surface area contributed by atoms with E-state index in [-0.39, 0.29) is 19.1 Å². The highest BCUT2D eigenvalue weighted by Gasteiger charge is 2.46. The van der Waals surface area contributed by atoms with Crippen LogP contribution < -0.4 is 0 Å². The van der Waals surface area contributed by atoms with Gasteiger partial charge < -0.3 is 14.7 Å². The molecule has 1 N–H and O–H groups in total. The van der Waals surface area contributed by atoms with Crippen LogP contribution in [0.15, 0.2) is 16.8 Å². The van der Waals surface area contributed by atoms with Gasteiger partial charge in [0.15, 0.2) is 0 Å². The zero-order valence-electron chi connectivity index (χ0n) is 11.5. The predicted octanol–water partition coefficient (Wildman–Crippen LogP) is 1.63. The number of carboxylic acid groups (broad SMARTS) is 1. The summed E-state index contributed by atoms with van der Waals surface area (Å²) in [7, 11) is 1.49. The van der Waals surface area contributed by atoms with E-state index in [0.717, 1.165) is 5.56 Å². The van der Waals surface area contributed by atoms with E-state index in [9.17, 15) is 14.7 Å². The monoisotopic (exact) mass is 297 g/mol. The molecule has 0 bridgehead atoms. The number of aliphatic carboxylic acids is 1. The number of hydrogen-bond donors (Lipinski definition) is 1. The number of methoxy groups -OCH3 is 1. The van der Waals surface area contributed by atoms with Gasteiger partial charge in [-0.2, -0.15) is 11.3 Å². The molecule has 6 heteroatoms. The molecule has 0 saturated carbocycles. The van der Waals surface area contributed by atoms with Crippen molar-refractivity contribution >= 4 is 23.2 Å². The van der Waals surface area contributed by atoms with Gasteiger partial charge in [0.05, 0.1) is 6.61 Å². The first kappa shape index (κ1) is 15.0. The Morgan fingerprint density at radius 2 is 2.35 bits per heavy atom.